The highest BCUT2D eigenvalue weighted by molar-refractivity contribution is 5.68. The first-order valence-corrected chi connectivity index (χ1v) is 7.80. The minimum atomic E-state index is -0.528. The monoisotopic (exact) mass is 322 g/mol. The van der Waals surface area contributed by atoms with Crippen LogP contribution in [-0.2, 0) is 10.2 Å². The molecule has 0 bridgehead atoms. The third-order valence-electron chi connectivity index (χ3n) is 3.71. The van der Waals surface area contributed by atoms with E-state index in [-0.39, 0.29) is 0 Å². The molecule has 1 amide bonds. The van der Waals surface area contributed by atoms with E-state index < -0.39 is 17.1 Å². The fourth-order valence-electron chi connectivity index (χ4n) is 2.29. The third-order valence-corrected chi connectivity index (χ3v) is 3.71. The molecule has 0 saturated heterocycles. The molecule has 0 saturated carbocycles. The Kier molecular flexibility index (Phi) is 5.04. The lowest BCUT2D eigenvalue weighted by Crippen LogP contribution is -2.45. The van der Waals surface area contributed by atoms with Crippen LogP contribution < -0.4 is 20.5 Å². The second-order valence-electron chi connectivity index (χ2n) is 6.98. The molecule has 6 nitrogen and oxygen atoms in total. The smallest absolute Gasteiger partial charge is 0.407 e. The lowest BCUT2D eigenvalue weighted by molar-refractivity contribution is 0.0516. The van der Waals surface area contributed by atoms with Crippen LogP contribution in [0.5, 0.6) is 11.5 Å². The van der Waals surface area contributed by atoms with Crippen LogP contribution in [0.2, 0.25) is 0 Å². The number of amides is 1. The average molecular weight is 322 g/mol. The molecule has 1 atom stereocenters. The number of hydrogen-bond acceptors (Lipinski definition) is 5. The molecule has 3 N–H and O–H groups in total. The van der Waals surface area contributed by atoms with Gasteiger partial charge in [-0.3, -0.25) is 0 Å². The summed E-state index contributed by atoms with van der Waals surface area (Å²) in [7, 11) is 0. The maximum atomic E-state index is 11.9. The Morgan fingerprint density at radius 1 is 1.22 bits per heavy atom. The highest BCUT2D eigenvalue weighted by Crippen LogP contribution is 2.34. The number of hydrogen-bond donors (Lipinski definition) is 2. The fourth-order valence-corrected chi connectivity index (χ4v) is 2.29. The molecule has 6 heteroatoms. The third kappa shape index (κ3) is 4.51. The van der Waals surface area contributed by atoms with Crippen LogP contribution >= 0.6 is 0 Å². The summed E-state index contributed by atoms with van der Waals surface area (Å²) in [6, 6.07) is 5.76. The molecule has 1 heterocycles. The molecule has 2 rings (SSSR count). The van der Waals surface area contributed by atoms with Crippen molar-refractivity contribution in [2.75, 3.05) is 26.3 Å². The second-order valence-corrected chi connectivity index (χ2v) is 6.98. The molecule has 1 aromatic rings. The summed E-state index contributed by atoms with van der Waals surface area (Å²) in [6.45, 7) is 9.32. The second kappa shape index (κ2) is 6.66. The van der Waals surface area contributed by atoms with E-state index in [1.54, 1.807) is 0 Å². The van der Waals surface area contributed by atoms with Crippen LogP contribution in [-0.4, -0.2) is 38.0 Å². The predicted octanol–water partition coefficient (Wildman–Crippen LogP) is 2.20. The largest absolute Gasteiger partial charge is 0.486 e. The SMILES string of the molecule is CC(C)(C)OC(=O)NCC(C)(CN)c1ccc2c(c1)OCCO2. The summed E-state index contributed by atoms with van der Waals surface area (Å²) < 4.78 is 16.4. The summed E-state index contributed by atoms with van der Waals surface area (Å²) in [6.07, 6.45) is -0.449. The molecular formula is C17H26N2O4. The minimum absolute atomic E-state index is 0.373. The van der Waals surface area contributed by atoms with E-state index in [9.17, 15) is 4.79 Å². The van der Waals surface area contributed by atoms with Crippen molar-refractivity contribution in [3.8, 4) is 11.5 Å². The number of carbonyl (C=O) groups is 1. The summed E-state index contributed by atoms with van der Waals surface area (Å²) in [5.41, 5.74) is 6.00. The van der Waals surface area contributed by atoms with Crippen LogP contribution in [0.25, 0.3) is 0 Å². The van der Waals surface area contributed by atoms with E-state index >= 15 is 0 Å². The molecule has 0 fully saturated rings. The van der Waals surface area contributed by atoms with Crippen LogP contribution in [0.3, 0.4) is 0 Å². The first kappa shape index (κ1) is 17.4. The number of alkyl carbamates (subject to hydrolysis) is 1. The summed E-state index contributed by atoms with van der Waals surface area (Å²) in [5, 5.41) is 2.80. The maximum Gasteiger partial charge on any atom is 0.407 e. The van der Waals surface area contributed by atoms with Gasteiger partial charge in [0.2, 0.25) is 0 Å². The first-order valence-electron chi connectivity index (χ1n) is 7.80. The molecule has 23 heavy (non-hydrogen) atoms. The Labute approximate surface area is 137 Å². The summed E-state index contributed by atoms with van der Waals surface area (Å²) in [5.74, 6) is 1.45. The number of nitrogens with one attached hydrogen (secondary N) is 1. The van der Waals surface area contributed by atoms with E-state index in [1.165, 1.54) is 0 Å². The number of rotatable bonds is 4. The highest BCUT2D eigenvalue weighted by Gasteiger charge is 2.28. The Bertz CT molecular complexity index is 568. The van der Waals surface area contributed by atoms with Crippen LogP contribution in [0.4, 0.5) is 4.79 Å². The van der Waals surface area contributed by atoms with Crippen molar-refractivity contribution in [2.45, 2.75) is 38.7 Å². The van der Waals surface area contributed by atoms with Crippen LogP contribution in [0.1, 0.15) is 33.3 Å². The van der Waals surface area contributed by atoms with Crippen LogP contribution in [0.15, 0.2) is 18.2 Å². The van der Waals surface area contributed by atoms with Crippen molar-refractivity contribution in [1.82, 2.24) is 5.32 Å². The molecule has 1 aliphatic rings. The van der Waals surface area contributed by atoms with Crippen molar-refractivity contribution in [2.24, 2.45) is 5.73 Å². The van der Waals surface area contributed by atoms with Gasteiger partial charge in [-0.25, -0.2) is 4.79 Å². The van der Waals surface area contributed by atoms with Gasteiger partial charge < -0.3 is 25.3 Å². The zero-order chi connectivity index (χ0) is 17.1. The standard InChI is InChI=1S/C17H26N2O4/c1-16(2,3)23-15(20)19-11-17(4,10-18)12-5-6-13-14(9-12)22-8-7-21-13/h5-6,9H,7-8,10-11,18H2,1-4H3,(H,19,20). The maximum absolute atomic E-state index is 11.9. The molecule has 0 spiro atoms. The Hall–Kier alpha value is -1.95. The van der Waals surface area contributed by atoms with E-state index in [4.69, 9.17) is 19.9 Å². The quantitative estimate of drug-likeness (QED) is 0.888. The molecule has 1 unspecified atom stereocenters. The van der Waals surface area contributed by atoms with Gasteiger partial charge in [0.1, 0.15) is 18.8 Å². The van der Waals surface area contributed by atoms with Crippen molar-refractivity contribution < 1.29 is 19.0 Å². The van der Waals surface area contributed by atoms with E-state index in [0.29, 0.717) is 32.1 Å². The van der Waals surface area contributed by atoms with Gasteiger partial charge in [-0.05, 0) is 38.5 Å². The molecule has 0 aromatic heterocycles. The number of carbonyl (C=O) groups excluding carboxylic acids is 1. The lowest BCUT2D eigenvalue weighted by atomic mass is 9.82. The van der Waals surface area contributed by atoms with Gasteiger partial charge >= 0.3 is 6.09 Å². The van der Waals surface area contributed by atoms with Gasteiger partial charge in [-0.2, -0.15) is 0 Å². The number of nitrogens with two attached hydrogens (primary N) is 1. The first-order chi connectivity index (χ1) is 10.7. The fraction of sp³-hybridized carbons (Fsp3) is 0.588. The number of benzene rings is 1. The van der Waals surface area contributed by atoms with Gasteiger partial charge in [0.25, 0.3) is 0 Å². The van der Waals surface area contributed by atoms with Crippen molar-refractivity contribution in [3.05, 3.63) is 23.8 Å². The Balaban J connectivity index is 2.09. The highest BCUT2D eigenvalue weighted by atomic mass is 16.6. The molecule has 0 radical (unpaired) electrons. The van der Waals surface area contributed by atoms with Gasteiger partial charge in [0.05, 0.1) is 0 Å². The van der Waals surface area contributed by atoms with Gasteiger partial charge in [-0.1, -0.05) is 13.0 Å². The predicted molar refractivity (Wildman–Crippen MR) is 88.1 cm³/mol. The van der Waals surface area contributed by atoms with E-state index in [1.807, 2.05) is 45.9 Å². The molecule has 1 aliphatic heterocycles. The summed E-state index contributed by atoms with van der Waals surface area (Å²) >= 11 is 0. The van der Waals surface area contributed by atoms with Gasteiger partial charge in [0.15, 0.2) is 11.5 Å². The van der Waals surface area contributed by atoms with Crippen molar-refractivity contribution in [3.63, 3.8) is 0 Å². The Morgan fingerprint density at radius 3 is 2.48 bits per heavy atom. The van der Waals surface area contributed by atoms with Crippen molar-refractivity contribution >= 4 is 6.09 Å². The van der Waals surface area contributed by atoms with E-state index in [2.05, 4.69) is 5.32 Å². The molecule has 128 valence electrons. The van der Waals surface area contributed by atoms with Crippen molar-refractivity contribution in [1.29, 1.82) is 0 Å². The number of ether oxygens (including phenoxy) is 3. The zero-order valence-electron chi connectivity index (χ0n) is 14.3. The van der Waals surface area contributed by atoms with Gasteiger partial charge in [-0.15, -0.1) is 0 Å². The molecule has 0 aliphatic carbocycles. The Morgan fingerprint density at radius 2 is 1.87 bits per heavy atom. The lowest BCUT2D eigenvalue weighted by Gasteiger charge is -2.31. The topological polar surface area (TPSA) is 82.8 Å². The zero-order valence-corrected chi connectivity index (χ0v) is 14.3. The van der Waals surface area contributed by atoms with E-state index in [0.717, 1.165) is 11.3 Å². The molecule has 1 aromatic carbocycles. The van der Waals surface area contributed by atoms with Gasteiger partial charge in [0, 0.05) is 18.5 Å². The molecular weight excluding hydrogens is 296 g/mol. The minimum Gasteiger partial charge on any atom is -0.486 e. The number of fused-ring (bicyclic) bond motifs is 1. The average Bonchev–Trinajstić information content (AvgIpc) is 2.50. The summed E-state index contributed by atoms with van der Waals surface area (Å²) in [4.78, 5) is 11.9. The van der Waals surface area contributed by atoms with Crippen LogP contribution in [0, 0.1) is 0 Å². The normalized spacial score (nSPS) is 16.4.